The van der Waals surface area contributed by atoms with Crippen molar-refractivity contribution in [2.45, 2.75) is 18.4 Å². The summed E-state index contributed by atoms with van der Waals surface area (Å²) in [6.45, 7) is 0. The number of hydrogen-bond donors (Lipinski definition) is 2. The highest BCUT2D eigenvalue weighted by molar-refractivity contribution is 6.31. The predicted octanol–water partition coefficient (Wildman–Crippen LogP) is 1.91. The lowest BCUT2D eigenvalue weighted by atomic mass is 10.2. The third-order valence-corrected chi connectivity index (χ3v) is 2.71. The number of anilines is 1. The van der Waals surface area contributed by atoms with Crippen molar-refractivity contribution in [2.24, 2.45) is 5.73 Å². The zero-order valence-corrected chi connectivity index (χ0v) is 8.64. The van der Waals surface area contributed by atoms with Crippen LogP contribution < -0.4 is 11.1 Å². The zero-order valence-electron chi connectivity index (χ0n) is 7.89. The molecule has 3 nitrogen and oxygen atoms in total. The lowest BCUT2D eigenvalue weighted by molar-refractivity contribution is -0.118. The molecule has 1 aromatic rings. The van der Waals surface area contributed by atoms with E-state index in [1.165, 1.54) is 18.2 Å². The minimum absolute atomic E-state index is 0.0188. The molecule has 0 saturated heterocycles. The Kier molecular flexibility index (Phi) is 2.40. The van der Waals surface area contributed by atoms with Gasteiger partial charge in [-0.1, -0.05) is 11.6 Å². The zero-order chi connectivity index (χ0) is 11.1. The Bertz CT molecular complexity index is 418. The highest BCUT2D eigenvalue weighted by Gasteiger charge is 2.45. The van der Waals surface area contributed by atoms with Crippen LogP contribution in [-0.2, 0) is 4.79 Å². The highest BCUT2D eigenvalue weighted by Crippen LogP contribution is 2.33. The summed E-state index contributed by atoms with van der Waals surface area (Å²) in [4.78, 5) is 11.5. The average Bonchev–Trinajstić information content (AvgIpc) is 2.92. The molecule has 0 aromatic heterocycles. The molecule has 0 unspecified atom stereocenters. The van der Waals surface area contributed by atoms with E-state index in [4.69, 9.17) is 17.3 Å². The summed E-state index contributed by atoms with van der Waals surface area (Å²) in [7, 11) is 0. The quantitative estimate of drug-likeness (QED) is 0.813. The van der Waals surface area contributed by atoms with Gasteiger partial charge in [-0.05, 0) is 31.0 Å². The van der Waals surface area contributed by atoms with E-state index in [-0.39, 0.29) is 10.9 Å². The van der Waals surface area contributed by atoms with Gasteiger partial charge < -0.3 is 11.1 Å². The van der Waals surface area contributed by atoms with Crippen LogP contribution in [0.2, 0.25) is 5.02 Å². The fourth-order valence-electron chi connectivity index (χ4n) is 1.19. The molecule has 0 spiro atoms. The van der Waals surface area contributed by atoms with Crippen molar-refractivity contribution in [2.75, 3.05) is 5.32 Å². The first kappa shape index (κ1) is 10.4. The number of carbonyl (C=O) groups excluding carboxylic acids is 1. The van der Waals surface area contributed by atoms with Crippen molar-refractivity contribution >= 4 is 23.2 Å². The standard InChI is InChI=1S/C10H10ClFN2O/c11-7-5-6(1-2-8(7)12)14-9(15)10(13)3-4-10/h1-2,5H,3-4,13H2,(H,14,15). The van der Waals surface area contributed by atoms with E-state index in [0.29, 0.717) is 18.5 Å². The van der Waals surface area contributed by atoms with Gasteiger partial charge in [-0.3, -0.25) is 4.79 Å². The van der Waals surface area contributed by atoms with E-state index in [0.717, 1.165) is 0 Å². The Morgan fingerprint density at radius 1 is 1.53 bits per heavy atom. The summed E-state index contributed by atoms with van der Waals surface area (Å²) < 4.78 is 12.8. The maximum Gasteiger partial charge on any atom is 0.244 e. The number of nitrogens with two attached hydrogens (primary N) is 1. The summed E-state index contributed by atoms with van der Waals surface area (Å²) in [6, 6.07) is 4.01. The van der Waals surface area contributed by atoms with E-state index in [1.54, 1.807) is 0 Å². The largest absolute Gasteiger partial charge is 0.324 e. The van der Waals surface area contributed by atoms with E-state index < -0.39 is 11.4 Å². The number of benzene rings is 1. The molecule has 1 aliphatic carbocycles. The van der Waals surface area contributed by atoms with Crippen molar-refractivity contribution in [1.82, 2.24) is 0 Å². The van der Waals surface area contributed by atoms with Gasteiger partial charge in [-0.15, -0.1) is 0 Å². The van der Waals surface area contributed by atoms with Crippen LogP contribution in [-0.4, -0.2) is 11.4 Å². The second-order valence-electron chi connectivity index (χ2n) is 3.74. The SMILES string of the molecule is NC1(C(=O)Nc2ccc(F)c(Cl)c2)CC1. The summed E-state index contributed by atoms with van der Waals surface area (Å²) in [5, 5.41) is 2.58. The number of halogens is 2. The van der Waals surface area contributed by atoms with Crippen LogP contribution in [0.3, 0.4) is 0 Å². The smallest absolute Gasteiger partial charge is 0.244 e. The van der Waals surface area contributed by atoms with E-state index in [2.05, 4.69) is 5.32 Å². The van der Waals surface area contributed by atoms with Gasteiger partial charge in [0.2, 0.25) is 5.91 Å². The molecule has 0 bridgehead atoms. The Morgan fingerprint density at radius 3 is 2.73 bits per heavy atom. The molecule has 5 heteroatoms. The second-order valence-corrected chi connectivity index (χ2v) is 4.15. The van der Waals surface area contributed by atoms with Crippen molar-refractivity contribution in [3.05, 3.63) is 29.0 Å². The Balaban J connectivity index is 2.11. The van der Waals surface area contributed by atoms with Crippen LogP contribution in [0.5, 0.6) is 0 Å². The molecule has 0 atom stereocenters. The number of carbonyl (C=O) groups is 1. The molecule has 3 N–H and O–H groups in total. The minimum atomic E-state index is -0.735. The van der Waals surface area contributed by atoms with Crippen LogP contribution in [0.15, 0.2) is 18.2 Å². The Morgan fingerprint density at radius 2 is 2.20 bits per heavy atom. The molecule has 2 rings (SSSR count). The lowest BCUT2D eigenvalue weighted by Gasteiger charge is -2.10. The molecule has 0 aliphatic heterocycles. The van der Waals surface area contributed by atoms with Crippen molar-refractivity contribution in [3.8, 4) is 0 Å². The molecule has 1 aliphatic rings. The molecule has 1 aromatic carbocycles. The third kappa shape index (κ3) is 2.11. The van der Waals surface area contributed by atoms with E-state index >= 15 is 0 Å². The van der Waals surface area contributed by atoms with Gasteiger partial charge in [-0.2, -0.15) is 0 Å². The molecule has 0 radical (unpaired) electrons. The molecular formula is C10H10ClFN2O. The van der Waals surface area contributed by atoms with Crippen LogP contribution in [0.1, 0.15) is 12.8 Å². The number of hydrogen-bond acceptors (Lipinski definition) is 2. The average molecular weight is 229 g/mol. The molecular weight excluding hydrogens is 219 g/mol. The van der Waals surface area contributed by atoms with Gasteiger partial charge >= 0.3 is 0 Å². The number of amides is 1. The topological polar surface area (TPSA) is 55.1 Å². The van der Waals surface area contributed by atoms with Crippen LogP contribution in [0.25, 0.3) is 0 Å². The van der Waals surface area contributed by atoms with Crippen molar-refractivity contribution < 1.29 is 9.18 Å². The van der Waals surface area contributed by atoms with Gasteiger partial charge in [0.15, 0.2) is 0 Å². The van der Waals surface area contributed by atoms with Gasteiger partial charge in [0.1, 0.15) is 5.82 Å². The van der Waals surface area contributed by atoms with Gasteiger partial charge in [0.25, 0.3) is 0 Å². The molecule has 80 valence electrons. The van der Waals surface area contributed by atoms with E-state index in [9.17, 15) is 9.18 Å². The minimum Gasteiger partial charge on any atom is -0.324 e. The summed E-state index contributed by atoms with van der Waals surface area (Å²) >= 11 is 5.57. The fraction of sp³-hybridized carbons (Fsp3) is 0.300. The van der Waals surface area contributed by atoms with Crippen LogP contribution >= 0.6 is 11.6 Å². The number of nitrogens with one attached hydrogen (secondary N) is 1. The van der Waals surface area contributed by atoms with Crippen molar-refractivity contribution in [3.63, 3.8) is 0 Å². The van der Waals surface area contributed by atoms with E-state index in [1.807, 2.05) is 0 Å². The van der Waals surface area contributed by atoms with Crippen LogP contribution in [0.4, 0.5) is 10.1 Å². The summed E-state index contributed by atoms with van der Waals surface area (Å²) in [5.74, 6) is -0.756. The second kappa shape index (κ2) is 3.47. The first-order chi connectivity index (χ1) is 7.01. The maximum absolute atomic E-state index is 12.8. The third-order valence-electron chi connectivity index (χ3n) is 2.42. The summed E-state index contributed by atoms with van der Waals surface area (Å²) in [5.41, 5.74) is 5.41. The summed E-state index contributed by atoms with van der Waals surface area (Å²) in [6.07, 6.45) is 1.38. The normalized spacial score (nSPS) is 17.3. The van der Waals surface area contributed by atoms with Gasteiger partial charge in [-0.25, -0.2) is 4.39 Å². The molecule has 1 saturated carbocycles. The number of rotatable bonds is 2. The van der Waals surface area contributed by atoms with Crippen molar-refractivity contribution in [1.29, 1.82) is 0 Å². The van der Waals surface area contributed by atoms with Gasteiger partial charge in [0.05, 0.1) is 10.6 Å². The predicted molar refractivity (Wildman–Crippen MR) is 56.2 cm³/mol. The molecule has 1 fully saturated rings. The molecule has 1 amide bonds. The maximum atomic E-state index is 12.8. The molecule has 0 heterocycles. The molecule has 15 heavy (non-hydrogen) atoms. The lowest BCUT2D eigenvalue weighted by Crippen LogP contribution is -2.37. The van der Waals surface area contributed by atoms with Gasteiger partial charge in [0, 0.05) is 5.69 Å². The Hall–Kier alpha value is -1.13. The first-order valence-electron chi connectivity index (χ1n) is 4.57. The fourth-order valence-corrected chi connectivity index (χ4v) is 1.37. The highest BCUT2D eigenvalue weighted by atomic mass is 35.5. The Labute approximate surface area is 91.4 Å². The van der Waals surface area contributed by atoms with Crippen LogP contribution in [0, 0.1) is 5.82 Å². The monoisotopic (exact) mass is 228 g/mol. The first-order valence-corrected chi connectivity index (χ1v) is 4.94.